The summed E-state index contributed by atoms with van der Waals surface area (Å²) in [7, 11) is 0. The van der Waals surface area contributed by atoms with Gasteiger partial charge >= 0.3 is 0 Å². The maximum atomic E-state index is 14.2. The third kappa shape index (κ3) is 3.67. The summed E-state index contributed by atoms with van der Waals surface area (Å²) in [5.74, 6) is -1.98. The van der Waals surface area contributed by atoms with E-state index >= 15 is 0 Å². The van der Waals surface area contributed by atoms with Gasteiger partial charge < -0.3 is 5.32 Å². The van der Waals surface area contributed by atoms with Crippen LogP contribution in [-0.2, 0) is 0 Å². The summed E-state index contributed by atoms with van der Waals surface area (Å²) in [5.41, 5.74) is -0.0107. The largest absolute Gasteiger partial charge is 0.306 e. The van der Waals surface area contributed by atoms with E-state index in [0.29, 0.717) is 15.5 Å². The summed E-state index contributed by atoms with van der Waals surface area (Å²) < 4.78 is 43.3. The molecule has 0 saturated carbocycles. The van der Waals surface area contributed by atoms with Crippen LogP contribution in [0.4, 0.5) is 13.2 Å². The first-order valence-electron chi connectivity index (χ1n) is 6.26. The van der Waals surface area contributed by atoms with E-state index in [9.17, 15) is 13.2 Å². The molecule has 0 radical (unpaired) electrons. The molecule has 0 fully saturated rings. The van der Waals surface area contributed by atoms with Crippen molar-refractivity contribution < 1.29 is 13.2 Å². The van der Waals surface area contributed by atoms with E-state index in [-0.39, 0.29) is 11.1 Å². The Morgan fingerprint density at radius 2 is 1.57 bits per heavy atom. The predicted molar refractivity (Wildman–Crippen MR) is 83.7 cm³/mol. The van der Waals surface area contributed by atoms with Gasteiger partial charge in [0.1, 0.15) is 17.5 Å². The lowest BCUT2D eigenvalue weighted by molar-refractivity contribution is 0.494. The topological polar surface area (TPSA) is 12.0 Å². The Kier molecular flexibility index (Phi) is 5.46. The first-order chi connectivity index (χ1) is 9.93. The van der Waals surface area contributed by atoms with Gasteiger partial charge in [-0.2, -0.15) is 0 Å². The van der Waals surface area contributed by atoms with Gasteiger partial charge in [-0.05, 0) is 36.9 Å². The molecule has 1 atom stereocenters. The molecule has 21 heavy (non-hydrogen) atoms. The summed E-state index contributed by atoms with van der Waals surface area (Å²) in [6.07, 6.45) is 0. The molecule has 0 aliphatic carbocycles. The van der Waals surface area contributed by atoms with Crippen molar-refractivity contribution in [1.29, 1.82) is 0 Å². The Labute approximate surface area is 137 Å². The summed E-state index contributed by atoms with van der Waals surface area (Å²) in [6, 6.07) is 5.75. The van der Waals surface area contributed by atoms with Gasteiger partial charge in [-0.25, -0.2) is 13.2 Å². The van der Waals surface area contributed by atoms with E-state index in [0.717, 1.165) is 0 Å². The molecule has 0 aliphatic heterocycles. The van der Waals surface area contributed by atoms with Gasteiger partial charge in [0.15, 0.2) is 0 Å². The smallest absolute Gasteiger partial charge is 0.132 e. The van der Waals surface area contributed by atoms with Crippen molar-refractivity contribution in [3.8, 4) is 0 Å². The molecule has 0 heterocycles. The Morgan fingerprint density at radius 1 is 0.952 bits per heavy atom. The van der Waals surface area contributed by atoms with Gasteiger partial charge in [-0.15, -0.1) is 0 Å². The molecule has 0 bridgehead atoms. The molecule has 0 aromatic heterocycles. The van der Waals surface area contributed by atoms with Crippen LogP contribution in [0.25, 0.3) is 0 Å². The molecule has 0 amide bonds. The van der Waals surface area contributed by atoms with Gasteiger partial charge in [-0.3, -0.25) is 0 Å². The first-order valence-corrected chi connectivity index (χ1v) is 7.85. The Hall–Kier alpha value is -0.850. The lowest BCUT2D eigenvalue weighted by Crippen LogP contribution is -2.25. The van der Waals surface area contributed by atoms with E-state index in [4.69, 9.17) is 0 Å². The molecule has 0 aliphatic rings. The van der Waals surface area contributed by atoms with E-state index in [1.165, 1.54) is 30.3 Å². The van der Waals surface area contributed by atoms with Crippen LogP contribution in [0.15, 0.2) is 39.3 Å². The minimum atomic E-state index is -0.902. The standard InChI is InChI=1S/C15H12Br2F3N/c1-2-21-15(10-5-8(16)3-4-11(10)18)14-12(19)6-9(17)7-13(14)20/h3-7,15,21H,2H2,1H3. The molecular formula is C15H12Br2F3N. The van der Waals surface area contributed by atoms with Gasteiger partial charge in [0.2, 0.25) is 0 Å². The normalized spacial score (nSPS) is 12.5. The average Bonchev–Trinajstić information content (AvgIpc) is 2.39. The zero-order valence-electron chi connectivity index (χ0n) is 11.1. The van der Waals surface area contributed by atoms with Gasteiger partial charge in [0, 0.05) is 20.1 Å². The van der Waals surface area contributed by atoms with Crippen LogP contribution >= 0.6 is 31.9 Å². The van der Waals surface area contributed by atoms with Crippen LogP contribution in [0.3, 0.4) is 0 Å². The second kappa shape index (κ2) is 6.94. The van der Waals surface area contributed by atoms with Crippen molar-refractivity contribution in [2.45, 2.75) is 13.0 Å². The highest BCUT2D eigenvalue weighted by atomic mass is 79.9. The lowest BCUT2D eigenvalue weighted by Gasteiger charge is -2.21. The molecule has 1 nitrogen and oxygen atoms in total. The molecular weight excluding hydrogens is 411 g/mol. The third-order valence-electron chi connectivity index (χ3n) is 3.01. The number of rotatable bonds is 4. The Bertz CT molecular complexity index is 638. The molecule has 112 valence electrons. The molecule has 1 unspecified atom stereocenters. The summed E-state index contributed by atoms with van der Waals surface area (Å²) in [5, 5.41) is 2.93. The van der Waals surface area contributed by atoms with Crippen LogP contribution < -0.4 is 5.32 Å². The van der Waals surface area contributed by atoms with Gasteiger partial charge in [0.25, 0.3) is 0 Å². The SMILES string of the molecule is CCNC(c1cc(Br)ccc1F)c1c(F)cc(Br)cc1F. The fourth-order valence-electron chi connectivity index (χ4n) is 2.14. The van der Waals surface area contributed by atoms with E-state index in [1.807, 2.05) is 0 Å². The number of nitrogens with one attached hydrogen (secondary N) is 1. The lowest BCUT2D eigenvalue weighted by atomic mass is 9.97. The molecule has 1 N–H and O–H groups in total. The van der Waals surface area contributed by atoms with Crippen LogP contribution in [-0.4, -0.2) is 6.54 Å². The summed E-state index contributed by atoms with van der Waals surface area (Å²) >= 11 is 6.28. The average molecular weight is 423 g/mol. The van der Waals surface area contributed by atoms with Crippen LogP contribution in [0.5, 0.6) is 0 Å². The molecule has 2 aromatic carbocycles. The van der Waals surface area contributed by atoms with E-state index in [2.05, 4.69) is 37.2 Å². The number of benzene rings is 2. The van der Waals surface area contributed by atoms with Crippen molar-refractivity contribution in [1.82, 2.24) is 5.32 Å². The second-order valence-corrected chi connectivity index (χ2v) is 6.27. The van der Waals surface area contributed by atoms with Crippen LogP contribution in [0.1, 0.15) is 24.1 Å². The maximum absolute atomic E-state index is 14.2. The Balaban J connectivity index is 2.61. The van der Waals surface area contributed by atoms with Gasteiger partial charge in [0.05, 0.1) is 6.04 Å². The van der Waals surface area contributed by atoms with Crippen molar-refractivity contribution in [2.24, 2.45) is 0 Å². The fraction of sp³-hybridized carbons (Fsp3) is 0.200. The number of halogens is 5. The second-order valence-electron chi connectivity index (χ2n) is 4.44. The summed E-state index contributed by atoms with van der Waals surface area (Å²) in [4.78, 5) is 0. The quantitative estimate of drug-likeness (QED) is 0.702. The fourth-order valence-corrected chi connectivity index (χ4v) is 2.92. The highest BCUT2D eigenvalue weighted by molar-refractivity contribution is 9.10. The van der Waals surface area contributed by atoms with E-state index < -0.39 is 23.5 Å². The minimum Gasteiger partial charge on any atom is -0.306 e. The zero-order valence-corrected chi connectivity index (χ0v) is 14.2. The van der Waals surface area contributed by atoms with Gasteiger partial charge in [-0.1, -0.05) is 38.8 Å². The molecule has 2 rings (SSSR count). The highest BCUT2D eigenvalue weighted by Gasteiger charge is 2.24. The minimum absolute atomic E-state index is 0.186. The van der Waals surface area contributed by atoms with Crippen molar-refractivity contribution >= 4 is 31.9 Å². The van der Waals surface area contributed by atoms with Crippen molar-refractivity contribution in [3.63, 3.8) is 0 Å². The monoisotopic (exact) mass is 421 g/mol. The van der Waals surface area contributed by atoms with Crippen molar-refractivity contribution in [3.05, 3.63) is 67.9 Å². The molecule has 0 saturated heterocycles. The van der Waals surface area contributed by atoms with E-state index in [1.54, 1.807) is 6.92 Å². The van der Waals surface area contributed by atoms with Crippen molar-refractivity contribution in [2.75, 3.05) is 6.54 Å². The Morgan fingerprint density at radius 3 is 2.14 bits per heavy atom. The molecule has 6 heteroatoms. The predicted octanol–water partition coefficient (Wildman–Crippen LogP) is 5.33. The molecule has 0 spiro atoms. The maximum Gasteiger partial charge on any atom is 0.132 e. The summed E-state index contributed by atoms with van der Waals surface area (Å²) in [6.45, 7) is 2.23. The highest BCUT2D eigenvalue weighted by Crippen LogP contribution is 2.32. The third-order valence-corrected chi connectivity index (χ3v) is 3.96. The molecule has 2 aromatic rings. The van der Waals surface area contributed by atoms with Crippen LogP contribution in [0, 0.1) is 17.5 Å². The first kappa shape index (κ1) is 16.5. The zero-order chi connectivity index (χ0) is 15.6. The number of hydrogen-bond donors (Lipinski definition) is 1. The van der Waals surface area contributed by atoms with Crippen LogP contribution in [0.2, 0.25) is 0 Å². The number of hydrogen-bond acceptors (Lipinski definition) is 1.